The highest BCUT2D eigenvalue weighted by Gasteiger charge is 2.30. The Morgan fingerprint density at radius 3 is 1.74 bits per heavy atom. The van der Waals surface area contributed by atoms with Crippen molar-refractivity contribution in [2.75, 3.05) is 0 Å². The summed E-state index contributed by atoms with van der Waals surface area (Å²) in [7, 11) is 0. The number of fused-ring (bicyclic) bond motifs is 2. The molecule has 2 aromatic carbocycles. The fourth-order valence-corrected chi connectivity index (χ4v) is 3.12. The highest BCUT2D eigenvalue weighted by molar-refractivity contribution is 5.89. The Kier molecular flexibility index (Phi) is 4.12. The number of nitrogens with one attached hydrogen (secondary N) is 2. The summed E-state index contributed by atoms with van der Waals surface area (Å²) in [6.07, 6.45) is 0.145. The van der Waals surface area contributed by atoms with E-state index >= 15 is 0 Å². The normalized spacial score (nSPS) is 11.3. The fraction of sp³-hybridized carbons (Fsp3) is 0.150. The molecule has 2 heterocycles. The van der Waals surface area contributed by atoms with E-state index in [1.54, 1.807) is 55.5 Å². The van der Waals surface area contributed by atoms with Crippen LogP contribution in [0, 0.1) is 0 Å². The molecule has 4 rings (SSSR count). The number of H-pyrrole nitrogens is 2. The van der Waals surface area contributed by atoms with Crippen LogP contribution in [0.4, 0.5) is 0 Å². The lowest BCUT2D eigenvalue weighted by Gasteiger charge is -2.14. The molecule has 2 aromatic heterocycles. The van der Waals surface area contributed by atoms with Gasteiger partial charge in [-0.05, 0) is 24.3 Å². The van der Waals surface area contributed by atoms with Crippen molar-refractivity contribution in [2.24, 2.45) is 0 Å². The van der Waals surface area contributed by atoms with Crippen LogP contribution in [0.3, 0.4) is 0 Å². The topological polar surface area (TPSA) is 109 Å². The molecule has 0 saturated carbocycles. The summed E-state index contributed by atoms with van der Waals surface area (Å²) in [6.45, 7) is 1.68. The Hall–Kier alpha value is -3.61. The summed E-state index contributed by atoms with van der Waals surface area (Å²) in [5.41, 5.74) is 1.16. The zero-order chi connectivity index (χ0) is 19.0. The second-order valence-electron chi connectivity index (χ2n) is 6.19. The predicted octanol–water partition coefficient (Wildman–Crippen LogP) is 2.27. The maximum atomic E-state index is 12.7. The molecule has 0 fully saturated rings. The Morgan fingerprint density at radius 2 is 1.30 bits per heavy atom. The van der Waals surface area contributed by atoms with Gasteiger partial charge in [-0.2, -0.15) is 0 Å². The van der Waals surface area contributed by atoms with Crippen LogP contribution in [0.5, 0.6) is 0 Å². The second-order valence-corrected chi connectivity index (χ2v) is 6.19. The van der Waals surface area contributed by atoms with Crippen molar-refractivity contribution in [3.63, 3.8) is 0 Å². The van der Waals surface area contributed by atoms with E-state index in [0.29, 0.717) is 22.1 Å². The van der Waals surface area contributed by atoms with E-state index in [0.717, 1.165) is 0 Å². The van der Waals surface area contributed by atoms with Crippen molar-refractivity contribution in [1.29, 1.82) is 0 Å². The number of nitrogens with zero attached hydrogens (tertiary/aromatic N) is 2. The summed E-state index contributed by atoms with van der Waals surface area (Å²) >= 11 is 0. The Balaban J connectivity index is 2.00. The van der Waals surface area contributed by atoms with Crippen LogP contribution in [-0.4, -0.2) is 25.7 Å². The van der Waals surface area contributed by atoms with Crippen molar-refractivity contribution in [3.8, 4) is 0 Å². The molecule has 0 saturated heterocycles. The van der Waals surface area contributed by atoms with E-state index in [9.17, 15) is 14.4 Å². The van der Waals surface area contributed by atoms with Crippen molar-refractivity contribution >= 4 is 27.9 Å². The van der Waals surface area contributed by atoms with Crippen LogP contribution in [0.2, 0.25) is 0 Å². The maximum Gasteiger partial charge on any atom is 0.271 e. The number of hydrogen-bond donors (Lipinski definition) is 2. The van der Waals surface area contributed by atoms with Crippen LogP contribution in [0.25, 0.3) is 22.1 Å². The van der Waals surface area contributed by atoms with Crippen LogP contribution < -0.4 is 11.1 Å². The van der Waals surface area contributed by atoms with Crippen LogP contribution in [-0.2, 0) is 4.79 Å². The van der Waals surface area contributed by atoms with E-state index in [1.807, 2.05) is 0 Å². The number of aromatic nitrogens is 4. The molecule has 7 heteroatoms. The molecule has 4 aromatic rings. The van der Waals surface area contributed by atoms with Crippen LogP contribution in [0.1, 0.15) is 30.7 Å². The van der Waals surface area contributed by atoms with Gasteiger partial charge >= 0.3 is 0 Å². The van der Waals surface area contributed by atoms with E-state index < -0.39 is 17.0 Å². The number of carbonyl (C=O) groups is 1. The first-order valence-electron chi connectivity index (χ1n) is 8.59. The van der Waals surface area contributed by atoms with Gasteiger partial charge in [-0.1, -0.05) is 31.2 Å². The minimum Gasteiger partial charge on any atom is -0.319 e. The van der Waals surface area contributed by atoms with Gasteiger partial charge in [0.1, 0.15) is 23.1 Å². The van der Waals surface area contributed by atoms with Gasteiger partial charge in [0.2, 0.25) is 0 Å². The quantitative estimate of drug-likeness (QED) is 0.580. The van der Waals surface area contributed by atoms with E-state index in [1.165, 1.54) is 0 Å². The zero-order valence-electron chi connectivity index (χ0n) is 14.5. The number of Topliss-reactive ketones (excluding diaryl/α,β-unsaturated/α-hetero) is 1. The molecule has 0 spiro atoms. The number of hydrogen-bond acceptors (Lipinski definition) is 5. The number of benzene rings is 2. The average molecular weight is 360 g/mol. The Labute approximate surface area is 153 Å². The predicted molar refractivity (Wildman–Crippen MR) is 102 cm³/mol. The second kappa shape index (κ2) is 6.60. The molecule has 0 radical (unpaired) electrons. The lowest BCUT2D eigenvalue weighted by molar-refractivity contribution is -0.119. The van der Waals surface area contributed by atoms with Crippen molar-refractivity contribution < 1.29 is 4.79 Å². The summed E-state index contributed by atoms with van der Waals surface area (Å²) in [6, 6.07) is 14.1. The molecule has 27 heavy (non-hydrogen) atoms. The Bertz CT molecular complexity index is 1200. The van der Waals surface area contributed by atoms with Gasteiger partial charge < -0.3 is 9.97 Å². The van der Waals surface area contributed by atoms with Gasteiger partial charge in [-0.3, -0.25) is 14.4 Å². The lowest BCUT2D eigenvalue weighted by Crippen LogP contribution is -2.30. The number of aromatic amines is 2. The first kappa shape index (κ1) is 16.8. The molecular formula is C20H16N4O3. The maximum absolute atomic E-state index is 12.7. The summed E-state index contributed by atoms with van der Waals surface area (Å²) in [5, 5.41) is 0. The molecule has 0 aliphatic rings. The molecule has 0 atom stereocenters. The molecule has 2 N–H and O–H groups in total. The minimum atomic E-state index is -1.13. The third-order valence-corrected chi connectivity index (χ3v) is 4.47. The summed E-state index contributed by atoms with van der Waals surface area (Å²) in [5.74, 6) is -1.42. The van der Waals surface area contributed by atoms with Gasteiger partial charge in [-0.15, -0.1) is 0 Å². The molecule has 134 valence electrons. The van der Waals surface area contributed by atoms with Gasteiger partial charge in [0.25, 0.3) is 11.1 Å². The third-order valence-electron chi connectivity index (χ3n) is 4.47. The first-order chi connectivity index (χ1) is 13.1. The van der Waals surface area contributed by atoms with E-state index in [-0.39, 0.29) is 23.6 Å². The monoisotopic (exact) mass is 360 g/mol. The average Bonchev–Trinajstić information content (AvgIpc) is 2.68. The minimum absolute atomic E-state index is 0.0196. The molecule has 0 bridgehead atoms. The SMILES string of the molecule is CCC(=O)C(c1nc2ccccc2[nH]c1=O)c1nc2ccccc2[nH]c1=O. The van der Waals surface area contributed by atoms with Crippen molar-refractivity contribution in [1.82, 2.24) is 19.9 Å². The van der Waals surface area contributed by atoms with Crippen molar-refractivity contribution in [2.45, 2.75) is 19.3 Å². The lowest BCUT2D eigenvalue weighted by atomic mass is 9.94. The molecule has 0 aliphatic carbocycles. The Morgan fingerprint density at radius 1 is 0.852 bits per heavy atom. The van der Waals surface area contributed by atoms with Gasteiger partial charge in [0.15, 0.2) is 0 Å². The highest BCUT2D eigenvalue weighted by Crippen LogP contribution is 2.22. The number of rotatable bonds is 4. The van der Waals surface area contributed by atoms with Gasteiger partial charge in [0.05, 0.1) is 22.1 Å². The van der Waals surface area contributed by atoms with E-state index in [2.05, 4.69) is 19.9 Å². The largest absolute Gasteiger partial charge is 0.319 e. The third kappa shape index (κ3) is 2.93. The molecule has 7 nitrogen and oxygen atoms in total. The van der Waals surface area contributed by atoms with Crippen molar-refractivity contribution in [3.05, 3.63) is 80.6 Å². The van der Waals surface area contributed by atoms with Gasteiger partial charge in [-0.25, -0.2) is 9.97 Å². The van der Waals surface area contributed by atoms with Crippen LogP contribution >= 0.6 is 0 Å². The zero-order valence-corrected chi connectivity index (χ0v) is 14.5. The summed E-state index contributed by atoms with van der Waals surface area (Å²) < 4.78 is 0. The fourth-order valence-electron chi connectivity index (χ4n) is 3.12. The molecule has 0 aliphatic heterocycles. The van der Waals surface area contributed by atoms with Gasteiger partial charge in [0, 0.05) is 6.42 Å². The molecule has 0 amide bonds. The highest BCUT2D eigenvalue weighted by atomic mass is 16.1. The first-order valence-corrected chi connectivity index (χ1v) is 8.59. The van der Waals surface area contributed by atoms with E-state index in [4.69, 9.17) is 0 Å². The number of para-hydroxylation sites is 4. The standard InChI is InChI=1S/C20H16N4O3/c1-2-15(25)16(17-19(26)23-13-9-5-3-7-11(13)21-17)18-20(27)24-14-10-6-4-8-12(14)22-18/h3-10,16H,2H2,1H3,(H,23,26)(H,24,27). The molecule has 0 unspecified atom stereocenters. The summed E-state index contributed by atoms with van der Waals surface area (Å²) in [4.78, 5) is 52.2. The molecular weight excluding hydrogens is 344 g/mol. The number of carbonyl (C=O) groups excluding carboxylic acids is 1. The number of ketones is 1. The smallest absolute Gasteiger partial charge is 0.271 e. The van der Waals surface area contributed by atoms with Crippen LogP contribution in [0.15, 0.2) is 58.1 Å².